The van der Waals surface area contributed by atoms with E-state index >= 15 is 0 Å². The molecule has 3 N–H and O–H groups in total. The SMILES string of the molecule is CC1CCCC(CCNC(=O)C(C)C(C)N)C1.Cl. The van der Waals surface area contributed by atoms with Gasteiger partial charge in [0.05, 0.1) is 0 Å². The number of hydrogen-bond acceptors (Lipinski definition) is 2. The molecule has 0 heterocycles. The Morgan fingerprint density at radius 2 is 2.06 bits per heavy atom. The number of carbonyl (C=O) groups excluding carboxylic acids is 1. The molecule has 1 aliphatic carbocycles. The third-order valence-corrected chi connectivity index (χ3v) is 4.10. The molecular formula is C14H29ClN2O. The van der Waals surface area contributed by atoms with Crippen molar-refractivity contribution in [3.05, 3.63) is 0 Å². The monoisotopic (exact) mass is 276 g/mol. The molecule has 4 atom stereocenters. The maximum absolute atomic E-state index is 11.7. The van der Waals surface area contributed by atoms with Crippen LogP contribution in [0.3, 0.4) is 0 Å². The average molecular weight is 277 g/mol. The standard InChI is InChI=1S/C14H28N2O.ClH/c1-10-5-4-6-13(9-10)7-8-16-14(17)11(2)12(3)15;/h10-13H,4-9,15H2,1-3H3,(H,16,17);1H. The van der Waals surface area contributed by atoms with Gasteiger partial charge in [-0.3, -0.25) is 4.79 Å². The molecule has 0 saturated heterocycles. The molecule has 0 radical (unpaired) electrons. The Hall–Kier alpha value is -0.280. The number of nitrogens with one attached hydrogen (secondary N) is 1. The predicted octanol–water partition coefficient (Wildman–Crippen LogP) is 2.72. The molecule has 1 rings (SSSR count). The average Bonchev–Trinajstić information content (AvgIpc) is 2.27. The summed E-state index contributed by atoms with van der Waals surface area (Å²) >= 11 is 0. The van der Waals surface area contributed by atoms with Crippen molar-refractivity contribution in [1.82, 2.24) is 5.32 Å². The summed E-state index contributed by atoms with van der Waals surface area (Å²) in [4.78, 5) is 11.7. The first-order valence-corrected chi connectivity index (χ1v) is 7.04. The highest BCUT2D eigenvalue weighted by molar-refractivity contribution is 5.85. The largest absolute Gasteiger partial charge is 0.356 e. The molecule has 18 heavy (non-hydrogen) atoms. The highest BCUT2D eigenvalue weighted by atomic mass is 35.5. The zero-order valence-electron chi connectivity index (χ0n) is 11.9. The molecule has 4 heteroatoms. The topological polar surface area (TPSA) is 55.1 Å². The molecule has 0 aromatic heterocycles. The van der Waals surface area contributed by atoms with Gasteiger partial charge in [0, 0.05) is 18.5 Å². The van der Waals surface area contributed by atoms with Crippen molar-refractivity contribution in [2.24, 2.45) is 23.5 Å². The second-order valence-electron chi connectivity index (χ2n) is 5.87. The van der Waals surface area contributed by atoms with Gasteiger partial charge in [-0.15, -0.1) is 12.4 Å². The van der Waals surface area contributed by atoms with Crippen LogP contribution in [0.1, 0.15) is 52.9 Å². The van der Waals surface area contributed by atoms with E-state index in [1.54, 1.807) is 0 Å². The Labute approximate surface area is 118 Å². The van der Waals surface area contributed by atoms with Gasteiger partial charge in [-0.2, -0.15) is 0 Å². The Morgan fingerprint density at radius 3 is 2.61 bits per heavy atom. The smallest absolute Gasteiger partial charge is 0.224 e. The molecule has 0 bridgehead atoms. The minimum Gasteiger partial charge on any atom is -0.356 e. The van der Waals surface area contributed by atoms with Gasteiger partial charge in [0.15, 0.2) is 0 Å². The maximum Gasteiger partial charge on any atom is 0.224 e. The van der Waals surface area contributed by atoms with Gasteiger partial charge < -0.3 is 11.1 Å². The van der Waals surface area contributed by atoms with Crippen LogP contribution in [-0.4, -0.2) is 18.5 Å². The fraction of sp³-hybridized carbons (Fsp3) is 0.929. The summed E-state index contributed by atoms with van der Waals surface area (Å²) in [5, 5.41) is 3.01. The number of carbonyl (C=O) groups is 1. The van der Waals surface area contributed by atoms with E-state index in [1.165, 1.54) is 25.7 Å². The van der Waals surface area contributed by atoms with Crippen LogP contribution in [0.2, 0.25) is 0 Å². The molecule has 0 aromatic carbocycles. The Balaban J connectivity index is 0.00000289. The molecule has 1 saturated carbocycles. The van der Waals surface area contributed by atoms with E-state index in [4.69, 9.17) is 5.73 Å². The number of nitrogens with two attached hydrogens (primary N) is 1. The number of amides is 1. The van der Waals surface area contributed by atoms with Crippen molar-refractivity contribution in [3.8, 4) is 0 Å². The number of rotatable bonds is 5. The van der Waals surface area contributed by atoms with Gasteiger partial charge in [0.2, 0.25) is 5.91 Å². The molecule has 1 aliphatic rings. The van der Waals surface area contributed by atoms with Crippen molar-refractivity contribution < 1.29 is 4.79 Å². The summed E-state index contributed by atoms with van der Waals surface area (Å²) < 4.78 is 0. The van der Waals surface area contributed by atoms with Gasteiger partial charge >= 0.3 is 0 Å². The van der Waals surface area contributed by atoms with E-state index in [-0.39, 0.29) is 30.3 Å². The third-order valence-electron chi connectivity index (χ3n) is 4.10. The lowest BCUT2D eigenvalue weighted by molar-refractivity contribution is -0.124. The second-order valence-corrected chi connectivity index (χ2v) is 5.87. The summed E-state index contributed by atoms with van der Waals surface area (Å²) in [6.45, 7) is 6.92. The van der Waals surface area contributed by atoms with E-state index in [1.807, 2.05) is 13.8 Å². The summed E-state index contributed by atoms with van der Waals surface area (Å²) in [7, 11) is 0. The molecule has 108 valence electrons. The summed E-state index contributed by atoms with van der Waals surface area (Å²) in [5.74, 6) is 1.70. The summed E-state index contributed by atoms with van der Waals surface area (Å²) in [6, 6.07) is -0.0651. The Bertz CT molecular complexity index is 246. The van der Waals surface area contributed by atoms with E-state index in [0.717, 1.165) is 24.8 Å². The first-order chi connectivity index (χ1) is 8.00. The lowest BCUT2D eigenvalue weighted by Crippen LogP contribution is -2.39. The summed E-state index contributed by atoms with van der Waals surface area (Å²) in [6.07, 6.45) is 6.53. The number of hydrogen-bond donors (Lipinski definition) is 2. The van der Waals surface area contributed by atoms with Crippen molar-refractivity contribution >= 4 is 18.3 Å². The van der Waals surface area contributed by atoms with Crippen LogP contribution in [-0.2, 0) is 4.79 Å². The van der Waals surface area contributed by atoms with Gasteiger partial charge in [-0.05, 0) is 31.6 Å². The zero-order valence-corrected chi connectivity index (χ0v) is 12.8. The van der Waals surface area contributed by atoms with Crippen LogP contribution >= 0.6 is 12.4 Å². The van der Waals surface area contributed by atoms with Gasteiger partial charge in [-0.25, -0.2) is 0 Å². The molecule has 0 spiro atoms. The van der Waals surface area contributed by atoms with E-state index in [0.29, 0.717) is 0 Å². The molecule has 1 fully saturated rings. The molecule has 1 amide bonds. The van der Waals surface area contributed by atoms with Crippen LogP contribution in [0, 0.1) is 17.8 Å². The van der Waals surface area contributed by atoms with Crippen molar-refractivity contribution in [3.63, 3.8) is 0 Å². The normalized spacial score (nSPS) is 26.9. The first kappa shape index (κ1) is 17.7. The van der Waals surface area contributed by atoms with Crippen molar-refractivity contribution in [2.75, 3.05) is 6.54 Å². The van der Waals surface area contributed by atoms with Gasteiger partial charge in [0.25, 0.3) is 0 Å². The van der Waals surface area contributed by atoms with E-state index < -0.39 is 0 Å². The maximum atomic E-state index is 11.7. The van der Waals surface area contributed by atoms with E-state index in [2.05, 4.69) is 12.2 Å². The molecule has 0 aliphatic heterocycles. The summed E-state index contributed by atoms with van der Waals surface area (Å²) in [5.41, 5.74) is 5.71. The molecule has 4 unspecified atom stereocenters. The number of halogens is 1. The van der Waals surface area contributed by atoms with Gasteiger partial charge in [-0.1, -0.05) is 33.1 Å². The minimum atomic E-state index is -0.0831. The quantitative estimate of drug-likeness (QED) is 0.811. The predicted molar refractivity (Wildman–Crippen MR) is 78.8 cm³/mol. The Morgan fingerprint density at radius 1 is 1.39 bits per heavy atom. The van der Waals surface area contributed by atoms with Crippen LogP contribution in [0.5, 0.6) is 0 Å². The highest BCUT2D eigenvalue weighted by Gasteiger charge is 2.20. The fourth-order valence-corrected chi connectivity index (χ4v) is 2.62. The fourth-order valence-electron chi connectivity index (χ4n) is 2.62. The first-order valence-electron chi connectivity index (χ1n) is 7.04. The van der Waals surface area contributed by atoms with Gasteiger partial charge in [0.1, 0.15) is 0 Å². The lowest BCUT2D eigenvalue weighted by Gasteiger charge is -2.27. The third kappa shape index (κ3) is 6.05. The minimum absolute atomic E-state index is 0. The Kier molecular flexibility index (Phi) is 8.62. The highest BCUT2D eigenvalue weighted by Crippen LogP contribution is 2.30. The van der Waals surface area contributed by atoms with Crippen molar-refractivity contribution in [2.45, 2.75) is 58.9 Å². The van der Waals surface area contributed by atoms with Crippen molar-refractivity contribution in [1.29, 1.82) is 0 Å². The van der Waals surface area contributed by atoms with Crippen LogP contribution in [0.4, 0.5) is 0 Å². The lowest BCUT2D eigenvalue weighted by atomic mass is 9.81. The molecule has 0 aromatic rings. The second kappa shape index (κ2) is 8.76. The molecular weight excluding hydrogens is 248 g/mol. The van der Waals surface area contributed by atoms with Crippen LogP contribution in [0.25, 0.3) is 0 Å². The van der Waals surface area contributed by atoms with Crippen LogP contribution < -0.4 is 11.1 Å². The van der Waals surface area contributed by atoms with Crippen LogP contribution in [0.15, 0.2) is 0 Å². The van der Waals surface area contributed by atoms with E-state index in [9.17, 15) is 4.79 Å². The molecule has 3 nitrogen and oxygen atoms in total. The zero-order chi connectivity index (χ0) is 12.8.